The number of hydrogen-bond donors (Lipinski definition) is 0. The SMILES string of the molecule is Cc1ccc[n+](CCCc2ccccc2)c1C.[OH-]. The molecule has 2 rings (SSSR count). The molecule has 1 N–H and O–H groups in total. The molecule has 1 aromatic heterocycles. The van der Waals surface area contributed by atoms with Crippen LogP contribution in [0.1, 0.15) is 23.2 Å². The predicted octanol–water partition coefficient (Wildman–Crippen LogP) is 3.05. The van der Waals surface area contributed by atoms with Crippen LogP contribution in [-0.4, -0.2) is 5.48 Å². The maximum atomic E-state index is 2.35. The Morgan fingerprint density at radius 3 is 2.39 bits per heavy atom. The van der Waals surface area contributed by atoms with E-state index in [1.54, 1.807) is 0 Å². The molecule has 0 radical (unpaired) electrons. The first kappa shape index (κ1) is 14.4. The Kier molecular flexibility index (Phi) is 5.53. The van der Waals surface area contributed by atoms with Crippen LogP contribution in [0.15, 0.2) is 48.7 Å². The summed E-state index contributed by atoms with van der Waals surface area (Å²) in [5, 5.41) is 0. The average Bonchev–Trinajstić information content (AvgIpc) is 2.36. The molecule has 0 saturated heterocycles. The summed E-state index contributed by atoms with van der Waals surface area (Å²) in [6.45, 7) is 5.46. The Labute approximate surface area is 109 Å². The third-order valence-electron chi connectivity index (χ3n) is 3.32. The minimum atomic E-state index is 0. The van der Waals surface area contributed by atoms with Gasteiger partial charge in [-0.2, -0.15) is 0 Å². The lowest BCUT2D eigenvalue weighted by atomic mass is 10.1. The van der Waals surface area contributed by atoms with Gasteiger partial charge >= 0.3 is 0 Å². The molecule has 1 heterocycles. The Balaban J connectivity index is 0.00000162. The van der Waals surface area contributed by atoms with Crippen molar-refractivity contribution in [3.8, 4) is 0 Å². The summed E-state index contributed by atoms with van der Waals surface area (Å²) >= 11 is 0. The lowest BCUT2D eigenvalue weighted by Crippen LogP contribution is -2.37. The van der Waals surface area contributed by atoms with E-state index >= 15 is 0 Å². The zero-order valence-corrected chi connectivity index (χ0v) is 11.1. The van der Waals surface area contributed by atoms with Crippen molar-refractivity contribution in [1.29, 1.82) is 0 Å². The number of nitrogens with zero attached hydrogens (tertiary/aromatic N) is 1. The average molecular weight is 243 g/mol. The summed E-state index contributed by atoms with van der Waals surface area (Å²) in [5.41, 5.74) is 4.17. The Hall–Kier alpha value is -1.67. The number of aromatic nitrogens is 1. The molecule has 0 amide bonds. The second-order valence-corrected chi connectivity index (χ2v) is 4.56. The molecule has 2 nitrogen and oxygen atoms in total. The van der Waals surface area contributed by atoms with Crippen LogP contribution in [-0.2, 0) is 13.0 Å². The van der Waals surface area contributed by atoms with Gasteiger partial charge in [-0.3, -0.25) is 0 Å². The summed E-state index contributed by atoms with van der Waals surface area (Å²) in [4.78, 5) is 0. The molecular weight excluding hydrogens is 222 g/mol. The van der Waals surface area contributed by atoms with E-state index in [1.807, 2.05) is 0 Å². The normalized spacial score (nSPS) is 9.89. The second-order valence-electron chi connectivity index (χ2n) is 4.56. The maximum Gasteiger partial charge on any atom is 0.181 e. The van der Waals surface area contributed by atoms with Crippen molar-refractivity contribution in [2.45, 2.75) is 33.2 Å². The summed E-state index contributed by atoms with van der Waals surface area (Å²) in [6, 6.07) is 15.0. The van der Waals surface area contributed by atoms with E-state index in [0.29, 0.717) is 0 Å². The molecule has 0 aliphatic heterocycles. The first-order valence-corrected chi connectivity index (χ1v) is 6.27. The summed E-state index contributed by atoms with van der Waals surface area (Å²) < 4.78 is 2.35. The fraction of sp³-hybridized carbons (Fsp3) is 0.312. The van der Waals surface area contributed by atoms with Gasteiger partial charge in [-0.15, -0.1) is 0 Å². The van der Waals surface area contributed by atoms with Gasteiger partial charge in [0.25, 0.3) is 0 Å². The van der Waals surface area contributed by atoms with Crippen molar-refractivity contribution in [2.24, 2.45) is 0 Å². The molecule has 0 unspecified atom stereocenters. The van der Waals surface area contributed by atoms with Crippen molar-refractivity contribution in [1.82, 2.24) is 0 Å². The van der Waals surface area contributed by atoms with Crippen LogP contribution in [0.2, 0.25) is 0 Å². The van der Waals surface area contributed by atoms with Gasteiger partial charge in [0.1, 0.15) is 6.54 Å². The van der Waals surface area contributed by atoms with E-state index in [9.17, 15) is 0 Å². The highest BCUT2D eigenvalue weighted by atomic mass is 16.0. The number of hydrogen-bond acceptors (Lipinski definition) is 1. The van der Waals surface area contributed by atoms with Crippen LogP contribution in [0, 0.1) is 13.8 Å². The Bertz CT molecular complexity index is 480. The van der Waals surface area contributed by atoms with Gasteiger partial charge in [0, 0.05) is 25.0 Å². The third-order valence-corrected chi connectivity index (χ3v) is 3.32. The van der Waals surface area contributed by atoms with E-state index in [1.165, 1.54) is 23.2 Å². The van der Waals surface area contributed by atoms with Crippen molar-refractivity contribution >= 4 is 0 Å². The number of pyridine rings is 1. The molecule has 0 bridgehead atoms. The molecule has 96 valence electrons. The zero-order chi connectivity index (χ0) is 12.1. The van der Waals surface area contributed by atoms with Crippen LogP contribution in [0.4, 0.5) is 0 Å². The van der Waals surface area contributed by atoms with E-state index in [2.05, 4.69) is 67.1 Å². The minimum absolute atomic E-state index is 0. The molecular formula is C16H21NO. The fourth-order valence-corrected chi connectivity index (χ4v) is 2.09. The van der Waals surface area contributed by atoms with Crippen molar-refractivity contribution < 1.29 is 10.0 Å². The maximum absolute atomic E-state index is 2.35. The van der Waals surface area contributed by atoms with Crippen LogP contribution in [0.25, 0.3) is 0 Å². The topological polar surface area (TPSA) is 33.9 Å². The second kappa shape index (κ2) is 6.92. The van der Waals surface area contributed by atoms with Crippen LogP contribution in [0.3, 0.4) is 0 Å². The summed E-state index contributed by atoms with van der Waals surface area (Å²) in [7, 11) is 0. The van der Waals surface area contributed by atoms with Gasteiger partial charge in [-0.1, -0.05) is 30.3 Å². The van der Waals surface area contributed by atoms with Crippen LogP contribution >= 0.6 is 0 Å². The minimum Gasteiger partial charge on any atom is -0.870 e. The third kappa shape index (κ3) is 3.67. The lowest BCUT2D eigenvalue weighted by Gasteiger charge is -2.03. The van der Waals surface area contributed by atoms with E-state index < -0.39 is 0 Å². The van der Waals surface area contributed by atoms with Gasteiger partial charge in [-0.25, -0.2) is 4.57 Å². The van der Waals surface area contributed by atoms with Crippen molar-refractivity contribution in [3.63, 3.8) is 0 Å². The highest BCUT2D eigenvalue weighted by Gasteiger charge is 2.07. The number of aryl methyl sites for hydroxylation is 3. The van der Waals surface area contributed by atoms with E-state index in [0.717, 1.165) is 13.0 Å². The smallest absolute Gasteiger partial charge is 0.181 e. The molecule has 1 aromatic carbocycles. The summed E-state index contributed by atoms with van der Waals surface area (Å²) in [5.74, 6) is 0. The van der Waals surface area contributed by atoms with Crippen LogP contribution in [0.5, 0.6) is 0 Å². The van der Waals surface area contributed by atoms with Crippen LogP contribution < -0.4 is 4.57 Å². The molecule has 2 heteroatoms. The van der Waals surface area contributed by atoms with Gasteiger partial charge in [0.05, 0.1) is 0 Å². The van der Waals surface area contributed by atoms with Gasteiger partial charge in [-0.05, 0) is 25.0 Å². The predicted molar refractivity (Wildman–Crippen MR) is 72.8 cm³/mol. The van der Waals surface area contributed by atoms with Gasteiger partial charge in [0.15, 0.2) is 11.9 Å². The van der Waals surface area contributed by atoms with Crippen molar-refractivity contribution in [3.05, 3.63) is 65.5 Å². The highest BCUT2D eigenvalue weighted by molar-refractivity contribution is 5.14. The van der Waals surface area contributed by atoms with E-state index in [-0.39, 0.29) is 5.48 Å². The first-order chi connectivity index (χ1) is 8.27. The molecule has 18 heavy (non-hydrogen) atoms. The molecule has 0 aliphatic carbocycles. The first-order valence-electron chi connectivity index (χ1n) is 6.27. The molecule has 0 atom stereocenters. The molecule has 0 aliphatic rings. The molecule has 0 spiro atoms. The fourth-order valence-electron chi connectivity index (χ4n) is 2.09. The summed E-state index contributed by atoms with van der Waals surface area (Å²) in [6.07, 6.45) is 4.52. The van der Waals surface area contributed by atoms with E-state index in [4.69, 9.17) is 0 Å². The molecule has 0 fully saturated rings. The Morgan fingerprint density at radius 2 is 1.67 bits per heavy atom. The monoisotopic (exact) mass is 243 g/mol. The molecule has 0 saturated carbocycles. The molecule has 2 aromatic rings. The van der Waals surface area contributed by atoms with Crippen molar-refractivity contribution in [2.75, 3.05) is 0 Å². The van der Waals surface area contributed by atoms with Gasteiger partial charge in [0.2, 0.25) is 0 Å². The number of benzene rings is 1. The number of rotatable bonds is 4. The highest BCUT2D eigenvalue weighted by Crippen LogP contribution is 2.03. The lowest BCUT2D eigenvalue weighted by molar-refractivity contribution is -0.703. The largest absolute Gasteiger partial charge is 0.870 e. The Morgan fingerprint density at radius 1 is 0.944 bits per heavy atom. The standard InChI is InChI=1S/C16H20N.H2O/c1-14-8-6-12-17(15(14)2)13-7-11-16-9-4-3-5-10-16;/h3-6,8-10,12H,7,11,13H2,1-2H3;1H2/q+1;/p-1. The zero-order valence-electron chi connectivity index (χ0n) is 11.1. The van der Waals surface area contributed by atoms with Gasteiger partial charge < -0.3 is 5.48 Å². The quantitative estimate of drug-likeness (QED) is 0.760.